The van der Waals surface area contributed by atoms with E-state index in [4.69, 9.17) is 5.11 Å². The highest BCUT2D eigenvalue weighted by Gasteiger charge is 2.34. The van der Waals surface area contributed by atoms with Crippen LogP contribution >= 0.6 is 0 Å². The zero-order valence-electron chi connectivity index (χ0n) is 19.7. The molecule has 182 valence electrons. The summed E-state index contributed by atoms with van der Waals surface area (Å²) in [7, 11) is 0. The number of nitrogens with one attached hydrogen (secondary N) is 2. The van der Waals surface area contributed by atoms with E-state index in [1.54, 1.807) is 36.4 Å². The lowest BCUT2D eigenvalue weighted by molar-refractivity contribution is -0.129. The average Bonchev–Trinajstić information content (AvgIpc) is 2.90. The molecule has 0 aromatic heterocycles. The molecule has 0 saturated carbocycles. The fourth-order valence-corrected chi connectivity index (χ4v) is 4.25. The van der Waals surface area contributed by atoms with Crippen LogP contribution in [-0.2, 0) is 9.59 Å². The molecule has 4 rings (SSSR count). The number of hydrogen-bond acceptors (Lipinski definition) is 4. The number of hydrogen-bond donors (Lipinski definition) is 3. The summed E-state index contributed by atoms with van der Waals surface area (Å²) in [6.07, 6.45) is 4.52. The summed E-state index contributed by atoms with van der Waals surface area (Å²) in [6, 6.07) is 20.0. The highest BCUT2D eigenvalue weighted by atomic mass is 16.4. The van der Waals surface area contributed by atoms with E-state index in [-0.39, 0.29) is 23.2 Å². The van der Waals surface area contributed by atoms with Crippen molar-refractivity contribution >= 4 is 34.9 Å². The van der Waals surface area contributed by atoms with Crippen LogP contribution < -0.4 is 10.6 Å². The summed E-state index contributed by atoms with van der Waals surface area (Å²) >= 11 is 0. The topological polar surface area (TPSA) is 113 Å². The van der Waals surface area contributed by atoms with Crippen LogP contribution in [0, 0.1) is 18.8 Å². The van der Waals surface area contributed by atoms with Gasteiger partial charge in [-0.15, -0.1) is 0 Å². The predicted molar refractivity (Wildman–Crippen MR) is 137 cm³/mol. The zero-order valence-corrected chi connectivity index (χ0v) is 19.7. The van der Waals surface area contributed by atoms with Gasteiger partial charge in [-0.05, 0) is 56.2 Å². The largest absolute Gasteiger partial charge is 0.478 e. The molecule has 0 heterocycles. The van der Waals surface area contributed by atoms with Crippen molar-refractivity contribution < 1.29 is 24.3 Å². The second kappa shape index (κ2) is 10.8. The fourth-order valence-electron chi connectivity index (χ4n) is 4.25. The predicted octanol–water partition coefficient (Wildman–Crippen LogP) is 5.08. The van der Waals surface area contributed by atoms with Crippen molar-refractivity contribution in [3.63, 3.8) is 0 Å². The molecule has 0 radical (unpaired) electrons. The zero-order chi connectivity index (χ0) is 25.7. The Morgan fingerprint density at radius 1 is 0.750 bits per heavy atom. The second-order valence-corrected chi connectivity index (χ2v) is 8.76. The standard InChI is InChI=1S/C29H26N2O5/c1-18-11-16-25(24(17-18)26(32)19-7-3-2-4-8-19)31-28(34)23-10-6-5-9-22(23)27(33)30-21-14-12-20(13-15-21)29(35)36/h2-8,11-17,22-23H,9-10H2,1H3,(H,30,33)(H,31,34)(H,35,36). The Labute approximate surface area is 208 Å². The third-order valence-electron chi connectivity index (χ3n) is 6.22. The van der Waals surface area contributed by atoms with Crippen LogP contribution in [0.4, 0.5) is 11.4 Å². The monoisotopic (exact) mass is 482 g/mol. The molecule has 3 N–H and O–H groups in total. The summed E-state index contributed by atoms with van der Waals surface area (Å²) in [5.41, 5.74) is 2.76. The van der Waals surface area contributed by atoms with Crippen LogP contribution in [0.15, 0.2) is 84.9 Å². The van der Waals surface area contributed by atoms with Gasteiger partial charge in [-0.2, -0.15) is 0 Å². The highest BCUT2D eigenvalue weighted by Crippen LogP contribution is 2.30. The van der Waals surface area contributed by atoms with E-state index in [1.165, 1.54) is 24.3 Å². The number of carboxylic acid groups (broad SMARTS) is 1. The molecule has 1 aliphatic carbocycles. The molecule has 3 aromatic rings. The number of rotatable bonds is 7. The third kappa shape index (κ3) is 5.58. The number of aryl methyl sites for hydroxylation is 1. The number of carbonyl (C=O) groups is 4. The van der Waals surface area contributed by atoms with Crippen molar-refractivity contribution in [1.82, 2.24) is 0 Å². The number of carboxylic acids is 1. The quantitative estimate of drug-likeness (QED) is 0.321. The Kier molecular flexibility index (Phi) is 7.39. The number of carbonyl (C=O) groups excluding carboxylic acids is 3. The minimum atomic E-state index is -1.05. The lowest BCUT2D eigenvalue weighted by Gasteiger charge is -2.27. The van der Waals surface area contributed by atoms with Crippen molar-refractivity contribution in [3.8, 4) is 0 Å². The van der Waals surface area contributed by atoms with Gasteiger partial charge in [0.15, 0.2) is 5.78 Å². The van der Waals surface area contributed by atoms with E-state index in [1.807, 2.05) is 31.2 Å². The van der Waals surface area contributed by atoms with Gasteiger partial charge in [0.05, 0.1) is 23.1 Å². The van der Waals surface area contributed by atoms with Crippen molar-refractivity contribution in [2.24, 2.45) is 11.8 Å². The molecule has 0 aliphatic heterocycles. The molecule has 1 aliphatic rings. The van der Waals surface area contributed by atoms with Gasteiger partial charge in [0.2, 0.25) is 11.8 Å². The number of allylic oxidation sites excluding steroid dienone is 2. The maximum Gasteiger partial charge on any atom is 0.335 e. The minimum absolute atomic E-state index is 0.116. The SMILES string of the molecule is Cc1ccc(NC(=O)C2CC=CCC2C(=O)Nc2ccc(C(=O)O)cc2)c(C(=O)c2ccccc2)c1. The van der Waals surface area contributed by atoms with Gasteiger partial charge in [-0.1, -0.05) is 54.1 Å². The van der Waals surface area contributed by atoms with E-state index in [0.29, 0.717) is 35.3 Å². The summed E-state index contributed by atoms with van der Waals surface area (Å²) in [6.45, 7) is 1.88. The van der Waals surface area contributed by atoms with Gasteiger partial charge in [-0.25, -0.2) is 4.79 Å². The van der Waals surface area contributed by atoms with Gasteiger partial charge in [0.1, 0.15) is 0 Å². The van der Waals surface area contributed by atoms with E-state index in [0.717, 1.165) is 5.56 Å². The fraction of sp³-hybridized carbons (Fsp3) is 0.172. The van der Waals surface area contributed by atoms with Crippen LogP contribution in [0.2, 0.25) is 0 Å². The number of aromatic carboxylic acids is 1. The third-order valence-corrected chi connectivity index (χ3v) is 6.22. The maximum atomic E-state index is 13.3. The van der Waals surface area contributed by atoms with Crippen LogP contribution in [-0.4, -0.2) is 28.7 Å². The number of amides is 2. The maximum absolute atomic E-state index is 13.3. The number of anilines is 2. The lowest BCUT2D eigenvalue weighted by Crippen LogP contribution is -2.37. The Hall–Kier alpha value is -4.52. The van der Waals surface area contributed by atoms with Crippen LogP contribution in [0.3, 0.4) is 0 Å². The van der Waals surface area contributed by atoms with Gasteiger partial charge in [0.25, 0.3) is 0 Å². The Balaban J connectivity index is 1.52. The summed E-state index contributed by atoms with van der Waals surface area (Å²) in [4.78, 5) is 50.6. The number of ketones is 1. The van der Waals surface area contributed by atoms with E-state index in [2.05, 4.69) is 10.6 Å². The first-order chi connectivity index (χ1) is 17.3. The normalized spacial score (nSPS) is 16.7. The van der Waals surface area contributed by atoms with Crippen molar-refractivity contribution in [1.29, 1.82) is 0 Å². The number of benzene rings is 3. The molecule has 0 spiro atoms. The Bertz CT molecular complexity index is 1330. The Morgan fingerprint density at radius 2 is 1.36 bits per heavy atom. The first kappa shape index (κ1) is 24.6. The molecule has 7 heteroatoms. The minimum Gasteiger partial charge on any atom is -0.478 e. The molecule has 2 amide bonds. The first-order valence-electron chi connectivity index (χ1n) is 11.6. The molecule has 2 atom stereocenters. The van der Waals surface area contributed by atoms with Crippen molar-refractivity contribution in [3.05, 3.63) is 107 Å². The first-order valence-corrected chi connectivity index (χ1v) is 11.6. The molecule has 0 bridgehead atoms. The van der Waals surface area contributed by atoms with E-state index in [9.17, 15) is 19.2 Å². The summed E-state index contributed by atoms with van der Waals surface area (Å²) in [5.74, 6) is -3.17. The lowest BCUT2D eigenvalue weighted by atomic mass is 9.81. The molecule has 0 fully saturated rings. The molecule has 36 heavy (non-hydrogen) atoms. The van der Waals surface area contributed by atoms with Crippen LogP contribution in [0.1, 0.15) is 44.7 Å². The van der Waals surface area contributed by atoms with Gasteiger partial charge in [-0.3, -0.25) is 14.4 Å². The summed E-state index contributed by atoms with van der Waals surface area (Å²) < 4.78 is 0. The van der Waals surface area contributed by atoms with Gasteiger partial charge >= 0.3 is 5.97 Å². The van der Waals surface area contributed by atoms with Crippen molar-refractivity contribution in [2.45, 2.75) is 19.8 Å². The second-order valence-electron chi connectivity index (χ2n) is 8.76. The molecular weight excluding hydrogens is 456 g/mol. The van der Waals surface area contributed by atoms with Crippen molar-refractivity contribution in [2.75, 3.05) is 10.6 Å². The highest BCUT2D eigenvalue weighted by molar-refractivity contribution is 6.14. The summed E-state index contributed by atoms with van der Waals surface area (Å²) in [5, 5.41) is 14.7. The molecule has 7 nitrogen and oxygen atoms in total. The van der Waals surface area contributed by atoms with Crippen LogP contribution in [0.5, 0.6) is 0 Å². The Morgan fingerprint density at radius 3 is 1.97 bits per heavy atom. The molecule has 3 aromatic carbocycles. The molecular formula is C29H26N2O5. The van der Waals surface area contributed by atoms with Gasteiger partial charge in [0, 0.05) is 16.8 Å². The van der Waals surface area contributed by atoms with Crippen LogP contribution in [0.25, 0.3) is 0 Å². The average molecular weight is 483 g/mol. The molecule has 0 saturated heterocycles. The molecule has 2 unspecified atom stereocenters. The van der Waals surface area contributed by atoms with E-state index < -0.39 is 17.8 Å². The smallest absolute Gasteiger partial charge is 0.335 e. The van der Waals surface area contributed by atoms with Gasteiger partial charge < -0.3 is 15.7 Å². The van der Waals surface area contributed by atoms with E-state index >= 15 is 0 Å².